The summed E-state index contributed by atoms with van der Waals surface area (Å²) in [6.07, 6.45) is 13.0. The average Bonchev–Trinajstić information content (AvgIpc) is 4.06. The van der Waals surface area contributed by atoms with E-state index in [-0.39, 0.29) is 11.3 Å². The Morgan fingerprint density at radius 1 is 0.492 bits per heavy atom. The highest BCUT2D eigenvalue weighted by Gasteiger charge is 2.56. The second kappa shape index (κ2) is 14.4. The summed E-state index contributed by atoms with van der Waals surface area (Å²) in [4.78, 5) is 20.3. The molecule has 2 unspecified atom stereocenters. The quantitative estimate of drug-likeness (QED) is 0.167. The van der Waals surface area contributed by atoms with Gasteiger partial charge in [0.15, 0.2) is 17.5 Å². The van der Waals surface area contributed by atoms with Gasteiger partial charge in [0.25, 0.3) is 0 Å². The third-order valence-electron chi connectivity index (χ3n) is 14.7. The first-order chi connectivity index (χ1) is 31.2. The number of hydrogen-bond donors (Lipinski definition) is 0. The van der Waals surface area contributed by atoms with Gasteiger partial charge in [-0.1, -0.05) is 146 Å². The van der Waals surface area contributed by atoms with Gasteiger partial charge in [-0.05, 0) is 120 Å². The highest BCUT2D eigenvalue weighted by molar-refractivity contribution is 6.01. The molecule has 63 heavy (non-hydrogen) atoms. The van der Waals surface area contributed by atoms with E-state index in [2.05, 4.69) is 198 Å². The Morgan fingerprint density at radius 3 is 1.71 bits per heavy atom. The molecule has 1 spiro atoms. The first kappa shape index (κ1) is 36.3. The molecule has 13 rings (SSSR count). The Kier molecular flexibility index (Phi) is 8.27. The minimum atomic E-state index is 0.0944. The van der Waals surface area contributed by atoms with Crippen molar-refractivity contribution in [3.8, 4) is 33.9 Å². The number of rotatable bonds is 6. The lowest BCUT2D eigenvalue weighted by atomic mass is 9.66. The Labute approximate surface area is 368 Å². The fraction of sp³-hybridized carbons (Fsp3) is 0.155. The summed E-state index contributed by atoms with van der Waals surface area (Å²) in [7, 11) is 0. The van der Waals surface area contributed by atoms with E-state index in [0.717, 1.165) is 69.0 Å². The molecule has 8 aromatic rings. The molecule has 2 saturated carbocycles. The number of nitrogens with zero attached hydrogens (tertiary/aromatic N) is 5. The zero-order valence-electron chi connectivity index (χ0n) is 35.0. The van der Waals surface area contributed by atoms with Gasteiger partial charge in [-0.3, -0.25) is 0 Å². The Hall–Kier alpha value is -7.37. The van der Waals surface area contributed by atoms with Crippen LogP contribution in [0, 0.1) is 11.8 Å². The van der Waals surface area contributed by atoms with Gasteiger partial charge in [-0.2, -0.15) is 0 Å². The molecule has 2 heterocycles. The van der Waals surface area contributed by atoms with Crippen LogP contribution in [0.4, 0.5) is 34.1 Å². The molecular formula is C58H45N5. The monoisotopic (exact) mass is 811 g/mol. The van der Waals surface area contributed by atoms with Crippen molar-refractivity contribution in [2.24, 2.45) is 11.8 Å². The molecule has 5 aliphatic rings. The van der Waals surface area contributed by atoms with Crippen LogP contribution in [0.25, 0.3) is 39.5 Å². The molecule has 0 saturated heterocycles. The Balaban J connectivity index is 0.818. The van der Waals surface area contributed by atoms with Gasteiger partial charge in [-0.15, -0.1) is 0 Å². The molecule has 0 amide bonds. The van der Waals surface area contributed by atoms with E-state index in [1.54, 1.807) is 0 Å². The lowest BCUT2D eigenvalue weighted by Gasteiger charge is -2.40. The summed E-state index contributed by atoms with van der Waals surface area (Å²) in [5.74, 6) is 3.90. The van der Waals surface area contributed by atoms with Crippen molar-refractivity contribution in [1.29, 1.82) is 0 Å². The van der Waals surface area contributed by atoms with Crippen LogP contribution in [-0.4, -0.2) is 15.0 Å². The summed E-state index contributed by atoms with van der Waals surface area (Å²) in [5.41, 5.74) is 17.2. The highest BCUT2D eigenvalue weighted by atomic mass is 15.3. The van der Waals surface area contributed by atoms with Crippen molar-refractivity contribution < 1.29 is 0 Å². The van der Waals surface area contributed by atoms with Crippen LogP contribution in [0.2, 0.25) is 0 Å². The molecule has 2 bridgehead atoms. The standard InChI is InChI=1S/C58H45N5/c1-3-13-41(14-4-1)55-59-56(61-57(60-55)43-30-34-48-47-17-7-8-18-49(47)58(50(48)36-43)37-38-23-31-44(58)35-38)42-26-24-39(25-27-42)40-28-32-46(33-29-40)63-53-21-11-9-19-51(53)62(45-15-5-2-6-16-45)52-20-10-12-22-54(52)63/h1-22,24,26-30,32-34,36,38-39,44H,23,25,31,35,37H2/t38-,39?,44+,58?/m1/s1. The van der Waals surface area contributed by atoms with Crippen LogP contribution in [0.15, 0.2) is 194 Å². The molecule has 0 N–H and O–H groups in total. The maximum Gasteiger partial charge on any atom is 0.164 e. The maximum absolute atomic E-state index is 5.26. The topological polar surface area (TPSA) is 45.2 Å². The molecule has 4 atom stereocenters. The van der Waals surface area contributed by atoms with Crippen LogP contribution in [-0.2, 0) is 5.41 Å². The van der Waals surface area contributed by atoms with Crippen molar-refractivity contribution >= 4 is 39.7 Å². The second-order valence-corrected chi connectivity index (χ2v) is 18.0. The highest BCUT2D eigenvalue weighted by Crippen LogP contribution is 2.66. The fourth-order valence-corrected chi connectivity index (χ4v) is 11.9. The van der Waals surface area contributed by atoms with Crippen molar-refractivity contribution in [3.63, 3.8) is 0 Å². The summed E-state index contributed by atoms with van der Waals surface area (Å²) in [6.45, 7) is 0. The zero-order valence-corrected chi connectivity index (χ0v) is 35.0. The molecule has 1 aromatic heterocycles. The van der Waals surface area contributed by atoms with Crippen molar-refractivity contribution in [2.45, 2.75) is 43.4 Å². The molecular weight excluding hydrogens is 767 g/mol. The first-order valence-electron chi connectivity index (χ1n) is 22.6. The number of allylic oxidation sites excluding steroid dienone is 4. The van der Waals surface area contributed by atoms with Gasteiger partial charge < -0.3 is 9.80 Å². The van der Waals surface area contributed by atoms with Crippen LogP contribution in [0.5, 0.6) is 0 Å². The molecule has 5 heteroatoms. The number of para-hydroxylation sites is 5. The van der Waals surface area contributed by atoms with E-state index in [1.807, 2.05) is 6.07 Å². The van der Waals surface area contributed by atoms with Crippen LogP contribution in [0.3, 0.4) is 0 Å². The van der Waals surface area contributed by atoms with E-state index in [1.165, 1.54) is 53.5 Å². The number of benzene rings is 7. The molecule has 5 nitrogen and oxygen atoms in total. The molecule has 0 radical (unpaired) electrons. The molecule has 7 aromatic carbocycles. The van der Waals surface area contributed by atoms with Gasteiger partial charge in [-0.25, -0.2) is 15.0 Å². The van der Waals surface area contributed by atoms with E-state index in [0.29, 0.717) is 17.6 Å². The summed E-state index contributed by atoms with van der Waals surface area (Å²) < 4.78 is 0. The van der Waals surface area contributed by atoms with Gasteiger partial charge in [0.1, 0.15) is 0 Å². The maximum atomic E-state index is 5.26. The summed E-state index contributed by atoms with van der Waals surface area (Å²) in [5, 5.41) is 0. The fourth-order valence-electron chi connectivity index (χ4n) is 11.9. The Morgan fingerprint density at radius 2 is 1.08 bits per heavy atom. The smallest absolute Gasteiger partial charge is 0.164 e. The van der Waals surface area contributed by atoms with Crippen LogP contribution in [0.1, 0.15) is 60.5 Å². The van der Waals surface area contributed by atoms with Crippen molar-refractivity contribution in [3.05, 3.63) is 217 Å². The first-order valence-corrected chi connectivity index (χ1v) is 22.6. The molecule has 4 aliphatic carbocycles. The largest absolute Gasteiger partial charge is 0.306 e. The van der Waals surface area contributed by atoms with Gasteiger partial charge >= 0.3 is 0 Å². The number of hydrogen-bond acceptors (Lipinski definition) is 5. The van der Waals surface area contributed by atoms with E-state index < -0.39 is 0 Å². The minimum absolute atomic E-state index is 0.0944. The van der Waals surface area contributed by atoms with Crippen LogP contribution < -0.4 is 9.80 Å². The SMILES string of the molecule is C1=CC(c2ccc(N3c4ccccc4N(c4ccccc4)c4ccccc43)cc2)CC=C1c1nc(-c2ccccc2)nc(-c2ccc3c(c2)C2(C[C@@H]4CC[C@H]2C4)c2ccccc2-3)n1. The van der Waals surface area contributed by atoms with E-state index in [4.69, 9.17) is 15.0 Å². The Bertz CT molecular complexity index is 3090. The average molecular weight is 812 g/mol. The van der Waals surface area contributed by atoms with Gasteiger partial charge in [0.05, 0.1) is 22.7 Å². The lowest BCUT2D eigenvalue weighted by molar-refractivity contribution is 0.327. The minimum Gasteiger partial charge on any atom is -0.306 e. The second-order valence-electron chi connectivity index (χ2n) is 18.0. The van der Waals surface area contributed by atoms with E-state index >= 15 is 0 Å². The summed E-state index contributed by atoms with van der Waals surface area (Å²) >= 11 is 0. The van der Waals surface area contributed by atoms with Crippen LogP contribution >= 0.6 is 0 Å². The van der Waals surface area contributed by atoms with Gasteiger partial charge in [0.2, 0.25) is 0 Å². The normalized spacial score (nSPS) is 21.2. The number of aromatic nitrogens is 3. The predicted octanol–water partition coefficient (Wildman–Crippen LogP) is 14.7. The van der Waals surface area contributed by atoms with E-state index in [9.17, 15) is 0 Å². The molecule has 302 valence electrons. The molecule has 1 aliphatic heterocycles. The van der Waals surface area contributed by atoms with Crippen molar-refractivity contribution in [1.82, 2.24) is 15.0 Å². The zero-order chi connectivity index (χ0) is 41.5. The summed E-state index contributed by atoms with van der Waals surface area (Å²) in [6, 6.07) is 63.7. The molecule has 2 fully saturated rings. The van der Waals surface area contributed by atoms with Gasteiger partial charge in [0, 0.05) is 39.4 Å². The number of anilines is 6. The van der Waals surface area contributed by atoms with Crippen molar-refractivity contribution in [2.75, 3.05) is 9.80 Å². The third kappa shape index (κ3) is 5.72. The third-order valence-corrected chi connectivity index (χ3v) is 14.7. The predicted molar refractivity (Wildman–Crippen MR) is 256 cm³/mol. The lowest BCUT2D eigenvalue weighted by Crippen LogP contribution is -2.31. The number of fused-ring (bicyclic) bond motifs is 10.